The topological polar surface area (TPSA) is 283 Å². The number of nitrogen functional groups attached to an aromatic ring is 1. The normalized spacial score (nSPS) is 22.1. The fourth-order valence-electron chi connectivity index (χ4n) is 6.78. The van der Waals surface area contributed by atoms with E-state index in [1.165, 1.54) is 47.6 Å². The molecule has 20 heteroatoms. The zero-order valence-electron chi connectivity index (χ0n) is 27.2. The van der Waals surface area contributed by atoms with Crippen molar-refractivity contribution in [2.75, 3.05) is 25.4 Å². The summed E-state index contributed by atoms with van der Waals surface area (Å²) in [4.78, 5) is 49.4. The lowest BCUT2D eigenvalue weighted by Crippen LogP contribution is -2.35. The predicted molar refractivity (Wildman–Crippen MR) is 180 cm³/mol. The summed E-state index contributed by atoms with van der Waals surface area (Å²) in [6.07, 6.45) is -2.85. The summed E-state index contributed by atoms with van der Waals surface area (Å²) in [6.45, 7) is -1.03. The number of esters is 1. The molecule has 5 aromatic rings. The lowest BCUT2D eigenvalue weighted by Gasteiger charge is -2.36. The molecule has 9 N–H and O–H groups in total. The zero-order chi connectivity index (χ0) is 37.2. The van der Waals surface area contributed by atoms with Gasteiger partial charge in [0.15, 0.2) is 23.3 Å². The molecular formula is C33H30N7O12P. The first-order valence-corrected chi connectivity index (χ1v) is 17.6. The summed E-state index contributed by atoms with van der Waals surface area (Å²) < 4.78 is 37.0. The van der Waals surface area contributed by atoms with E-state index in [-0.39, 0.29) is 64.2 Å². The largest absolute Gasteiger partial charge is 0.508 e. The highest BCUT2D eigenvalue weighted by molar-refractivity contribution is 7.50. The highest BCUT2D eigenvalue weighted by Crippen LogP contribution is 2.57. The molecule has 1 amide bonds. The molecule has 0 saturated carbocycles. The number of phenols is 2. The summed E-state index contributed by atoms with van der Waals surface area (Å²) in [6, 6.07) is 13.2. The molecule has 0 bridgehead atoms. The summed E-state index contributed by atoms with van der Waals surface area (Å²) in [5.74, 6) is -1.24. The van der Waals surface area contributed by atoms with Crippen molar-refractivity contribution in [3.63, 3.8) is 0 Å². The van der Waals surface area contributed by atoms with Crippen molar-refractivity contribution in [2.24, 2.45) is 0 Å². The van der Waals surface area contributed by atoms with E-state index in [1.54, 1.807) is 24.3 Å². The number of ether oxygens (including phenoxy) is 3. The lowest BCUT2D eigenvalue weighted by atomic mass is 9.77. The number of aliphatic hydroxyl groups excluding tert-OH is 2. The van der Waals surface area contributed by atoms with E-state index in [1.807, 2.05) is 0 Å². The van der Waals surface area contributed by atoms with E-state index < -0.39 is 56.4 Å². The second-order valence-electron chi connectivity index (χ2n) is 12.4. The first-order valence-electron chi connectivity index (χ1n) is 16.0. The fourth-order valence-corrected chi connectivity index (χ4v) is 7.61. The third-order valence-electron chi connectivity index (χ3n) is 9.18. The molecule has 53 heavy (non-hydrogen) atoms. The second kappa shape index (κ2) is 12.8. The number of rotatable bonds is 9. The van der Waals surface area contributed by atoms with Gasteiger partial charge in [0.2, 0.25) is 0 Å². The Balaban J connectivity index is 0.925. The Hall–Kier alpha value is -5.66. The first kappa shape index (κ1) is 34.4. The number of benzene rings is 3. The molecule has 1 spiro atoms. The van der Waals surface area contributed by atoms with Crippen LogP contribution >= 0.6 is 7.75 Å². The Morgan fingerprint density at radius 2 is 1.70 bits per heavy atom. The van der Waals surface area contributed by atoms with Crippen LogP contribution < -0.4 is 20.9 Å². The van der Waals surface area contributed by atoms with Gasteiger partial charge in [-0.1, -0.05) is 12.1 Å². The third kappa shape index (κ3) is 5.71. The van der Waals surface area contributed by atoms with Crippen LogP contribution in [0.2, 0.25) is 0 Å². The number of carbonyl (C=O) groups excluding carboxylic acids is 2. The Kier molecular flexibility index (Phi) is 8.30. The number of phenolic OH excluding ortho intramolecular Hbond substituents is 2. The Morgan fingerprint density at radius 1 is 0.981 bits per heavy atom. The number of amides is 1. The minimum Gasteiger partial charge on any atom is -0.508 e. The number of carbonyl (C=O) groups is 2. The molecule has 0 aliphatic carbocycles. The van der Waals surface area contributed by atoms with Gasteiger partial charge in [-0.3, -0.25) is 13.9 Å². The molecule has 19 nitrogen and oxygen atoms in total. The van der Waals surface area contributed by atoms with Crippen LogP contribution in [0.15, 0.2) is 67.3 Å². The van der Waals surface area contributed by atoms with Gasteiger partial charge in [0.05, 0.1) is 24.1 Å². The van der Waals surface area contributed by atoms with Crippen LogP contribution in [0.5, 0.6) is 23.0 Å². The number of nitrogens with one attached hydrogen (secondary N) is 2. The number of hydrogen-bond acceptors (Lipinski definition) is 15. The highest BCUT2D eigenvalue weighted by atomic mass is 31.2. The van der Waals surface area contributed by atoms with Crippen LogP contribution in [0.3, 0.4) is 0 Å². The van der Waals surface area contributed by atoms with Gasteiger partial charge in [0.25, 0.3) is 5.91 Å². The molecule has 3 aromatic carbocycles. The van der Waals surface area contributed by atoms with Gasteiger partial charge >= 0.3 is 13.7 Å². The number of aromatic nitrogens is 4. The van der Waals surface area contributed by atoms with Gasteiger partial charge in [-0.15, -0.1) is 0 Å². The van der Waals surface area contributed by atoms with E-state index in [0.29, 0.717) is 16.7 Å². The SMILES string of the molecule is Nc1ncnc2c1ncn2[C@@H]1O[C@H](COP(=O)(O)NCCNC(=O)c2cccc3c2C(=O)OC32c3ccc(O)cc3Oc3cc(O)ccc32)[C@@H](O)[C@H]1O. The van der Waals surface area contributed by atoms with Gasteiger partial charge in [-0.2, -0.15) is 0 Å². The highest BCUT2D eigenvalue weighted by Gasteiger charge is 2.55. The molecule has 1 saturated heterocycles. The molecule has 8 rings (SSSR count). The van der Waals surface area contributed by atoms with Gasteiger partial charge < -0.3 is 50.6 Å². The molecule has 1 unspecified atom stereocenters. The summed E-state index contributed by atoms with van der Waals surface area (Å²) in [5.41, 5.74) is 5.79. The fraction of sp³-hybridized carbons (Fsp3) is 0.242. The van der Waals surface area contributed by atoms with Crippen LogP contribution in [-0.4, -0.2) is 94.7 Å². The Labute approximate surface area is 298 Å². The summed E-state index contributed by atoms with van der Waals surface area (Å²) in [5, 5.41) is 46.4. The van der Waals surface area contributed by atoms with Crippen molar-refractivity contribution in [2.45, 2.75) is 30.1 Å². The van der Waals surface area contributed by atoms with E-state index in [9.17, 15) is 39.5 Å². The van der Waals surface area contributed by atoms with Gasteiger partial charge in [-0.25, -0.2) is 29.4 Å². The number of aromatic hydroxyl groups is 2. The monoisotopic (exact) mass is 747 g/mol. The molecule has 3 aliphatic heterocycles. The maximum atomic E-state index is 13.6. The van der Waals surface area contributed by atoms with Crippen molar-refractivity contribution in [3.8, 4) is 23.0 Å². The first-order chi connectivity index (χ1) is 25.4. The van der Waals surface area contributed by atoms with Crippen molar-refractivity contribution in [1.82, 2.24) is 29.9 Å². The smallest absolute Gasteiger partial charge is 0.403 e. The lowest BCUT2D eigenvalue weighted by molar-refractivity contribution is -0.0487. The zero-order valence-corrected chi connectivity index (χ0v) is 28.1. The standard InChI is InChI=1S/C33H30N7O12P/c34-28-25-29(37-13-36-28)40(14-38-25)31-27(44)26(43)23(51-31)12-49-53(47,48)39-9-8-35-30(45)17-2-1-3-20-24(17)32(46)52-33(20)18-6-4-15(41)10-21(18)50-22-11-16(42)5-7-19(22)33/h1-7,10-11,13-14,23,26-27,31,41-44H,8-9,12H2,(H,35,45)(H2,34,36,37)(H2,39,47,48)/t23-,26-,27-,31-/m1/s1. The molecule has 2 aromatic heterocycles. The van der Waals surface area contributed by atoms with Crippen LogP contribution in [0.4, 0.5) is 5.82 Å². The number of aliphatic hydroxyl groups is 2. The van der Waals surface area contributed by atoms with Crippen molar-refractivity contribution < 1.29 is 58.2 Å². The molecule has 5 heterocycles. The number of nitrogens with two attached hydrogens (primary N) is 1. The molecule has 0 radical (unpaired) electrons. The van der Waals surface area contributed by atoms with E-state index in [2.05, 4.69) is 25.4 Å². The molecule has 5 atom stereocenters. The van der Waals surface area contributed by atoms with Crippen LogP contribution in [0.1, 0.15) is 43.6 Å². The summed E-state index contributed by atoms with van der Waals surface area (Å²) in [7, 11) is -4.52. The number of imidazole rings is 1. The number of nitrogens with zero attached hydrogens (tertiary/aromatic N) is 4. The molecule has 274 valence electrons. The third-order valence-corrected chi connectivity index (χ3v) is 10.3. The molecule has 3 aliphatic rings. The minimum absolute atomic E-state index is 0.0238. The van der Waals surface area contributed by atoms with Gasteiger partial charge in [0, 0.05) is 41.9 Å². The maximum Gasteiger partial charge on any atom is 0.403 e. The summed E-state index contributed by atoms with van der Waals surface area (Å²) >= 11 is 0. The average Bonchev–Trinajstić information content (AvgIpc) is 3.78. The second-order valence-corrected chi connectivity index (χ2v) is 14.0. The number of anilines is 1. The van der Waals surface area contributed by atoms with E-state index in [4.69, 9.17) is 24.5 Å². The van der Waals surface area contributed by atoms with E-state index >= 15 is 0 Å². The number of fused-ring (bicyclic) bond motifs is 7. The van der Waals surface area contributed by atoms with Crippen LogP contribution in [0, 0.1) is 0 Å². The predicted octanol–water partition coefficient (Wildman–Crippen LogP) is 1.14. The van der Waals surface area contributed by atoms with E-state index in [0.717, 1.165) is 0 Å². The molecular weight excluding hydrogens is 717 g/mol. The van der Waals surface area contributed by atoms with Gasteiger partial charge in [0.1, 0.15) is 53.2 Å². The average molecular weight is 748 g/mol. The van der Waals surface area contributed by atoms with Gasteiger partial charge in [-0.05, 0) is 30.3 Å². The van der Waals surface area contributed by atoms with Crippen molar-refractivity contribution >= 4 is 36.6 Å². The molecule has 1 fully saturated rings. The Bertz CT molecular complexity index is 2300. The Morgan fingerprint density at radius 3 is 2.42 bits per heavy atom. The van der Waals surface area contributed by atoms with Crippen LogP contribution in [-0.2, 0) is 24.2 Å². The number of hydrogen-bond donors (Lipinski definition) is 8. The quantitative estimate of drug-likeness (QED) is 0.0596. The minimum atomic E-state index is -4.52. The maximum absolute atomic E-state index is 13.6. The van der Waals surface area contributed by atoms with Crippen molar-refractivity contribution in [3.05, 3.63) is 95.1 Å². The van der Waals surface area contributed by atoms with Crippen LogP contribution in [0.25, 0.3) is 11.2 Å². The van der Waals surface area contributed by atoms with Crippen molar-refractivity contribution in [1.29, 1.82) is 0 Å².